The summed E-state index contributed by atoms with van der Waals surface area (Å²) in [5.74, 6) is 1.10. The molecule has 0 spiro atoms. The van der Waals surface area contributed by atoms with E-state index in [1.807, 2.05) is 0 Å². The number of nitrogens with zero attached hydrogens (tertiary/aromatic N) is 1. The standard InChI is InChI=1S/C11H19N/c1-2-11-6-9(11)7-12(8-11)10-4-3-5-10/h9-10H,2-8H2,1H3. The average Bonchev–Trinajstić information content (AvgIpc) is 2.52. The summed E-state index contributed by atoms with van der Waals surface area (Å²) < 4.78 is 0. The molecule has 0 radical (unpaired) electrons. The van der Waals surface area contributed by atoms with Gasteiger partial charge in [0.15, 0.2) is 0 Å². The zero-order valence-electron chi connectivity index (χ0n) is 8.05. The van der Waals surface area contributed by atoms with Gasteiger partial charge in [-0.25, -0.2) is 0 Å². The largest absolute Gasteiger partial charge is 0.300 e. The number of hydrogen-bond acceptors (Lipinski definition) is 1. The van der Waals surface area contributed by atoms with Gasteiger partial charge in [0.25, 0.3) is 0 Å². The maximum Gasteiger partial charge on any atom is 0.00956 e. The van der Waals surface area contributed by atoms with E-state index in [1.165, 1.54) is 38.8 Å². The first-order valence-electron chi connectivity index (χ1n) is 5.58. The molecule has 0 aromatic rings. The van der Waals surface area contributed by atoms with Crippen LogP contribution in [-0.2, 0) is 0 Å². The summed E-state index contributed by atoms with van der Waals surface area (Å²) in [4.78, 5) is 2.78. The van der Waals surface area contributed by atoms with Gasteiger partial charge >= 0.3 is 0 Å². The Morgan fingerprint density at radius 3 is 2.75 bits per heavy atom. The minimum atomic E-state index is 0.815. The van der Waals surface area contributed by atoms with Crippen molar-refractivity contribution in [2.45, 2.75) is 45.1 Å². The van der Waals surface area contributed by atoms with Gasteiger partial charge in [0.2, 0.25) is 0 Å². The molecule has 2 unspecified atom stereocenters. The monoisotopic (exact) mass is 165 g/mol. The lowest BCUT2D eigenvalue weighted by Gasteiger charge is -2.36. The van der Waals surface area contributed by atoms with Crippen molar-refractivity contribution in [3.63, 3.8) is 0 Å². The third kappa shape index (κ3) is 0.834. The Morgan fingerprint density at radius 2 is 2.25 bits per heavy atom. The van der Waals surface area contributed by atoms with E-state index in [4.69, 9.17) is 0 Å². The Kier molecular flexibility index (Phi) is 1.39. The van der Waals surface area contributed by atoms with Crippen LogP contribution in [0, 0.1) is 11.3 Å². The van der Waals surface area contributed by atoms with Crippen LogP contribution in [0.25, 0.3) is 0 Å². The first-order chi connectivity index (χ1) is 5.84. The average molecular weight is 165 g/mol. The molecular formula is C11H19N. The van der Waals surface area contributed by atoms with Gasteiger partial charge in [-0.1, -0.05) is 13.3 Å². The molecule has 1 heterocycles. The quantitative estimate of drug-likeness (QED) is 0.606. The van der Waals surface area contributed by atoms with Crippen molar-refractivity contribution < 1.29 is 0 Å². The normalized spacial score (nSPS) is 47.2. The van der Waals surface area contributed by atoms with Gasteiger partial charge in [0, 0.05) is 19.1 Å². The molecule has 0 N–H and O–H groups in total. The van der Waals surface area contributed by atoms with Crippen LogP contribution in [0.1, 0.15) is 39.0 Å². The fourth-order valence-corrected chi connectivity index (χ4v) is 3.21. The summed E-state index contributed by atoms with van der Waals surface area (Å²) in [6.07, 6.45) is 7.46. The minimum absolute atomic E-state index is 0.815. The predicted molar refractivity (Wildman–Crippen MR) is 50.0 cm³/mol. The van der Waals surface area contributed by atoms with Crippen LogP contribution in [-0.4, -0.2) is 24.0 Å². The third-order valence-electron chi connectivity index (χ3n) is 4.63. The van der Waals surface area contributed by atoms with Crippen molar-refractivity contribution in [1.29, 1.82) is 0 Å². The predicted octanol–water partition coefficient (Wildman–Crippen LogP) is 2.27. The molecule has 1 heteroatoms. The van der Waals surface area contributed by atoms with Gasteiger partial charge in [-0.15, -0.1) is 0 Å². The van der Waals surface area contributed by atoms with Crippen LogP contribution in [0.4, 0.5) is 0 Å². The lowest BCUT2D eigenvalue weighted by atomic mass is 9.91. The lowest BCUT2D eigenvalue weighted by molar-refractivity contribution is 0.133. The Labute approximate surface area is 75.1 Å². The van der Waals surface area contributed by atoms with E-state index in [0.717, 1.165) is 17.4 Å². The first kappa shape index (κ1) is 7.37. The Bertz CT molecular complexity index is 193. The first-order valence-corrected chi connectivity index (χ1v) is 5.58. The molecule has 0 amide bonds. The summed E-state index contributed by atoms with van der Waals surface area (Å²) >= 11 is 0. The zero-order chi connectivity index (χ0) is 8.18. The second-order valence-corrected chi connectivity index (χ2v) is 5.13. The third-order valence-corrected chi connectivity index (χ3v) is 4.63. The van der Waals surface area contributed by atoms with Gasteiger partial charge in [-0.2, -0.15) is 0 Å². The molecule has 3 fully saturated rings. The van der Waals surface area contributed by atoms with E-state index < -0.39 is 0 Å². The van der Waals surface area contributed by atoms with E-state index in [1.54, 1.807) is 6.42 Å². The number of rotatable bonds is 2. The molecule has 0 aromatic heterocycles. The molecule has 1 nitrogen and oxygen atoms in total. The van der Waals surface area contributed by atoms with Gasteiger partial charge in [0.05, 0.1) is 0 Å². The highest BCUT2D eigenvalue weighted by Crippen LogP contribution is 2.60. The number of fused-ring (bicyclic) bond motifs is 1. The van der Waals surface area contributed by atoms with Crippen LogP contribution in [0.5, 0.6) is 0 Å². The highest BCUT2D eigenvalue weighted by atomic mass is 15.2. The van der Waals surface area contributed by atoms with E-state index >= 15 is 0 Å². The smallest absolute Gasteiger partial charge is 0.00956 e. The molecule has 1 saturated heterocycles. The lowest BCUT2D eigenvalue weighted by Crippen LogP contribution is -2.40. The van der Waals surface area contributed by atoms with Crippen LogP contribution in [0.2, 0.25) is 0 Å². The molecule has 1 aliphatic heterocycles. The molecule has 12 heavy (non-hydrogen) atoms. The van der Waals surface area contributed by atoms with Gasteiger partial charge in [-0.3, -0.25) is 4.90 Å². The molecule has 0 aromatic carbocycles. The minimum Gasteiger partial charge on any atom is -0.300 e. The van der Waals surface area contributed by atoms with Crippen molar-refractivity contribution in [2.75, 3.05) is 13.1 Å². The van der Waals surface area contributed by atoms with Crippen LogP contribution in [0.15, 0.2) is 0 Å². The molecule has 2 saturated carbocycles. The summed E-state index contributed by atoms with van der Waals surface area (Å²) in [6.45, 7) is 5.27. The van der Waals surface area contributed by atoms with Crippen molar-refractivity contribution in [2.24, 2.45) is 11.3 Å². The molecule has 68 valence electrons. The molecule has 3 aliphatic rings. The van der Waals surface area contributed by atoms with Gasteiger partial charge < -0.3 is 0 Å². The van der Waals surface area contributed by atoms with Crippen LogP contribution in [0.3, 0.4) is 0 Å². The van der Waals surface area contributed by atoms with Crippen LogP contribution >= 0.6 is 0 Å². The highest BCUT2D eigenvalue weighted by molar-refractivity contribution is 5.10. The Hall–Kier alpha value is -0.0400. The van der Waals surface area contributed by atoms with Crippen molar-refractivity contribution in [3.8, 4) is 0 Å². The summed E-state index contributed by atoms with van der Waals surface area (Å²) in [6, 6.07) is 1.00. The summed E-state index contributed by atoms with van der Waals surface area (Å²) in [5.41, 5.74) is 0.815. The summed E-state index contributed by atoms with van der Waals surface area (Å²) in [7, 11) is 0. The zero-order valence-corrected chi connectivity index (χ0v) is 8.05. The molecule has 0 bridgehead atoms. The van der Waals surface area contributed by atoms with Crippen molar-refractivity contribution >= 4 is 0 Å². The Balaban J connectivity index is 1.65. The maximum atomic E-state index is 2.78. The number of hydrogen-bond donors (Lipinski definition) is 0. The molecule has 2 atom stereocenters. The molecule has 3 rings (SSSR count). The fraction of sp³-hybridized carbons (Fsp3) is 1.00. The van der Waals surface area contributed by atoms with E-state index in [-0.39, 0.29) is 0 Å². The van der Waals surface area contributed by atoms with E-state index in [2.05, 4.69) is 11.8 Å². The van der Waals surface area contributed by atoms with E-state index in [9.17, 15) is 0 Å². The summed E-state index contributed by atoms with van der Waals surface area (Å²) in [5, 5.41) is 0. The number of likely N-dealkylation sites (tertiary alicyclic amines) is 1. The van der Waals surface area contributed by atoms with Gasteiger partial charge in [-0.05, 0) is 37.0 Å². The topological polar surface area (TPSA) is 3.24 Å². The maximum absolute atomic E-state index is 2.78. The van der Waals surface area contributed by atoms with Crippen molar-refractivity contribution in [1.82, 2.24) is 4.90 Å². The van der Waals surface area contributed by atoms with Crippen LogP contribution < -0.4 is 0 Å². The Morgan fingerprint density at radius 1 is 1.42 bits per heavy atom. The second kappa shape index (κ2) is 2.25. The molecule has 2 aliphatic carbocycles. The number of piperidine rings is 1. The second-order valence-electron chi connectivity index (χ2n) is 5.13. The van der Waals surface area contributed by atoms with Crippen molar-refractivity contribution in [3.05, 3.63) is 0 Å². The molecular weight excluding hydrogens is 146 g/mol. The fourth-order valence-electron chi connectivity index (χ4n) is 3.21. The SMILES string of the molecule is CCC12CC1CN(C1CCC1)C2. The van der Waals surface area contributed by atoms with Gasteiger partial charge in [0.1, 0.15) is 0 Å². The highest BCUT2D eigenvalue weighted by Gasteiger charge is 2.59. The van der Waals surface area contributed by atoms with E-state index in [0.29, 0.717) is 0 Å².